The number of benzene rings is 6. The standard InChI is InChI=1S/C45H42N2/c1-44(2,3)34-19-23-40-38(27-34)39-28-35(20-24-41(39)46(40)6)45(4,5)29-47-42-21-17-32(30-13-9-7-10-14-30)25-36(42)37-26-33(18-22-43(37)47)31-15-11-8-12-16-31/h7-28H,29H2,1-6H3. The van der Waals surface area contributed by atoms with Crippen LogP contribution in [0.1, 0.15) is 45.7 Å². The lowest BCUT2D eigenvalue weighted by molar-refractivity contribution is 0.450. The molecule has 232 valence electrons. The van der Waals surface area contributed by atoms with Crippen molar-refractivity contribution in [3.63, 3.8) is 0 Å². The van der Waals surface area contributed by atoms with Crippen LogP contribution in [0.2, 0.25) is 0 Å². The third-order valence-corrected chi connectivity index (χ3v) is 10.3. The quantitative estimate of drug-likeness (QED) is 0.183. The summed E-state index contributed by atoms with van der Waals surface area (Å²) in [5, 5.41) is 5.27. The molecule has 0 fully saturated rings. The molecular formula is C45H42N2. The van der Waals surface area contributed by atoms with E-state index in [9.17, 15) is 0 Å². The maximum Gasteiger partial charge on any atom is 0.0492 e. The summed E-state index contributed by atoms with van der Waals surface area (Å²) in [5.41, 5.74) is 12.8. The second kappa shape index (κ2) is 10.7. The molecule has 0 aliphatic rings. The number of fused-ring (bicyclic) bond motifs is 6. The smallest absolute Gasteiger partial charge is 0.0492 e. The molecule has 0 unspecified atom stereocenters. The lowest BCUT2D eigenvalue weighted by Crippen LogP contribution is -2.24. The van der Waals surface area contributed by atoms with Gasteiger partial charge in [-0.05, 0) is 87.3 Å². The molecule has 0 saturated carbocycles. The first-order chi connectivity index (χ1) is 22.6. The van der Waals surface area contributed by atoms with E-state index in [1.807, 2.05) is 0 Å². The lowest BCUT2D eigenvalue weighted by Gasteiger charge is -2.27. The molecule has 0 bridgehead atoms. The third-order valence-electron chi connectivity index (χ3n) is 10.3. The minimum atomic E-state index is -0.118. The van der Waals surface area contributed by atoms with Crippen molar-refractivity contribution < 1.29 is 0 Å². The Hall–Kier alpha value is -5.08. The summed E-state index contributed by atoms with van der Waals surface area (Å²) in [5.74, 6) is 0. The average Bonchev–Trinajstić information content (AvgIpc) is 3.54. The fourth-order valence-electron chi connectivity index (χ4n) is 7.49. The average molecular weight is 611 g/mol. The van der Waals surface area contributed by atoms with Crippen molar-refractivity contribution in [3.05, 3.63) is 145 Å². The molecule has 2 heterocycles. The van der Waals surface area contributed by atoms with Crippen molar-refractivity contribution >= 4 is 43.6 Å². The van der Waals surface area contributed by atoms with E-state index in [1.54, 1.807) is 0 Å². The molecule has 0 radical (unpaired) electrons. The predicted octanol–water partition coefficient (Wildman–Crippen LogP) is 12.0. The van der Waals surface area contributed by atoms with Crippen molar-refractivity contribution in [2.24, 2.45) is 7.05 Å². The number of aryl methyl sites for hydroxylation is 1. The van der Waals surface area contributed by atoms with E-state index in [0.717, 1.165) is 6.54 Å². The second-order valence-corrected chi connectivity index (χ2v) is 14.9. The fraction of sp³-hybridized carbons (Fsp3) is 0.200. The molecule has 2 nitrogen and oxygen atoms in total. The Morgan fingerprint density at radius 1 is 0.426 bits per heavy atom. The minimum Gasteiger partial charge on any atom is -0.344 e. The van der Waals surface area contributed by atoms with Gasteiger partial charge in [0.25, 0.3) is 0 Å². The monoisotopic (exact) mass is 610 g/mol. The Labute approximate surface area is 277 Å². The highest BCUT2D eigenvalue weighted by atomic mass is 15.0. The van der Waals surface area contributed by atoms with E-state index in [1.165, 1.54) is 77.0 Å². The van der Waals surface area contributed by atoms with Gasteiger partial charge in [0, 0.05) is 62.6 Å². The predicted molar refractivity (Wildman–Crippen MR) is 202 cm³/mol. The highest BCUT2D eigenvalue weighted by Gasteiger charge is 2.26. The van der Waals surface area contributed by atoms with E-state index >= 15 is 0 Å². The topological polar surface area (TPSA) is 9.86 Å². The van der Waals surface area contributed by atoms with Crippen molar-refractivity contribution in [1.82, 2.24) is 9.13 Å². The largest absolute Gasteiger partial charge is 0.344 e. The highest BCUT2D eigenvalue weighted by Crippen LogP contribution is 2.40. The molecule has 0 saturated heterocycles. The molecule has 0 amide bonds. The molecule has 0 N–H and O–H groups in total. The van der Waals surface area contributed by atoms with Gasteiger partial charge >= 0.3 is 0 Å². The molecule has 2 heteroatoms. The first-order valence-electron chi connectivity index (χ1n) is 16.8. The van der Waals surface area contributed by atoms with Gasteiger partial charge in [0.2, 0.25) is 0 Å². The Bertz CT molecular complexity index is 2330. The SMILES string of the molecule is Cn1c2ccc(C(C)(C)C)cc2c2cc(C(C)(C)Cn3c4ccc(-c5ccccc5)cc4c4cc(-c5ccccc5)ccc43)ccc21. The zero-order valence-corrected chi connectivity index (χ0v) is 28.3. The summed E-state index contributed by atoms with van der Waals surface area (Å²) >= 11 is 0. The zero-order chi connectivity index (χ0) is 32.5. The van der Waals surface area contributed by atoms with Gasteiger partial charge in [-0.1, -0.05) is 120 Å². The highest BCUT2D eigenvalue weighted by molar-refractivity contribution is 6.11. The van der Waals surface area contributed by atoms with Crippen molar-refractivity contribution in [1.29, 1.82) is 0 Å². The number of hydrogen-bond donors (Lipinski definition) is 0. The number of hydrogen-bond acceptors (Lipinski definition) is 0. The molecule has 2 aromatic heterocycles. The normalized spacial score (nSPS) is 12.6. The van der Waals surface area contributed by atoms with Crippen LogP contribution in [0.3, 0.4) is 0 Å². The number of aromatic nitrogens is 2. The summed E-state index contributed by atoms with van der Waals surface area (Å²) in [6, 6.07) is 49.6. The van der Waals surface area contributed by atoms with Crippen LogP contribution in [0.25, 0.3) is 65.9 Å². The first-order valence-corrected chi connectivity index (χ1v) is 16.8. The van der Waals surface area contributed by atoms with Crippen LogP contribution >= 0.6 is 0 Å². The fourth-order valence-corrected chi connectivity index (χ4v) is 7.49. The van der Waals surface area contributed by atoms with Crippen molar-refractivity contribution in [2.45, 2.75) is 52.0 Å². The van der Waals surface area contributed by atoms with Crippen molar-refractivity contribution in [3.8, 4) is 22.3 Å². The van der Waals surface area contributed by atoms with Crippen LogP contribution in [0, 0.1) is 0 Å². The lowest BCUT2D eigenvalue weighted by atomic mass is 9.83. The van der Waals surface area contributed by atoms with E-state index in [2.05, 4.69) is 184 Å². The summed E-state index contributed by atoms with van der Waals surface area (Å²) in [6.07, 6.45) is 0. The van der Waals surface area contributed by atoms with E-state index < -0.39 is 0 Å². The summed E-state index contributed by atoms with van der Waals surface area (Å²) < 4.78 is 4.90. The van der Waals surface area contributed by atoms with E-state index in [4.69, 9.17) is 0 Å². The van der Waals surface area contributed by atoms with Crippen LogP contribution in [0.15, 0.2) is 133 Å². The van der Waals surface area contributed by atoms with E-state index in [0.29, 0.717) is 0 Å². The van der Waals surface area contributed by atoms with Crippen LogP contribution in [-0.4, -0.2) is 9.13 Å². The Kier molecular flexibility index (Phi) is 6.70. The van der Waals surface area contributed by atoms with Gasteiger partial charge in [-0.3, -0.25) is 0 Å². The van der Waals surface area contributed by atoms with Gasteiger partial charge in [0.05, 0.1) is 0 Å². The second-order valence-electron chi connectivity index (χ2n) is 14.9. The molecule has 0 spiro atoms. The molecule has 8 aromatic rings. The molecule has 0 aliphatic carbocycles. The molecular weight excluding hydrogens is 569 g/mol. The van der Waals surface area contributed by atoms with Crippen molar-refractivity contribution in [2.75, 3.05) is 0 Å². The zero-order valence-electron chi connectivity index (χ0n) is 28.3. The molecule has 0 aliphatic heterocycles. The maximum absolute atomic E-state index is 2.55. The Morgan fingerprint density at radius 2 is 0.851 bits per heavy atom. The molecule has 6 aromatic carbocycles. The molecule has 8 rings (SSSR count). The minimum absolute atomic E-state index is 0.102. The van der Waals surface area contributed by atoms with Gasteiger partial charge in [0.15, 0.2) is 0 Å². The van der Waals surface area contributed by atoms with Crippen LogP contribution in [0.5, 0.6) is 0 Å². The Morgan fingerprint density at radius 3 is 1.34 bits per heavy atom. The van der Waals surface area contributed by atoms with Gasteiger partial charge in [-0.25, -0.2) is 0 Å². The first kappa shape index (κ1) is 29.3. The summed E-state index contributed by atoms with van der Waals surface area (Å²) in [7, 11) is 2.19. The van der Waals surface area contributed by atoms with Crippen LogP contribution in [-0.2, 0) is 24.4 Å². The number of rotatable bonds is 5. The third kappa shape index (κ3) is 4.95. The van der Waals surface area contributed by atoms with Gasteiger partial charge in [-0.15, -0.1) is 0 Å². The Balaban J connectivity index is 1.28. The van der Waals surface area contributed by atoms with Gasteiger partial charge in [-0.2, -0.15) is 0 Å². The summed E-state index contributed by atoms with van der Waals surface area (Å²) in [4.78, 5) is 0. The van der Waals surface area contributed by atoms with Gasteiger partial charge in [0.1, 0.15) is 0 Å². The van der Waals surface area contributed by atoms with E-state index in [-0.39, 0.29) is 10.8 Å². The number of nitrogens with zero attached hydrogens (tertiary/aromatic N) is 2. The molecule has 47 heavy (non-hydrogen) atoms. The molecule has 0 atom stereocenters. The van der Waals surface area contributed by atoms with Crippen LogP contribution in [0.4, 0.5) is 0 Å². The summed E-state index contributed by atoms with van der Waals surface area (Å²) in [6.45, 7) is 12.6. The van der Waals surface area contributed by atoms with Gasteiger partial charge < -0.3 is 9.13 Å². The maximum atomic E-state index is 2.55. The van der Waals surface area contributed by atoms with Crippen LogP contribution < -0.4 is 0 Å².